The van der Waals surface area contributed by atoms with Gasteiger partial charge in [0.2, 0.25) is 0 Å². The maximum absolute atomic E-state index is 12.7. The zero-order valence-corrected chi connectivity index (χ0v) is 8.87. The van der Waals surface area contributed by atoms with Crippen LogP contribution in [0.2, 0.25) is 5.02 Å². The second-order valence-electron chi connectivity index (χ2n) is 3.37. The molecule has 0 radical (unpaired) electrons. The highest BCUT2D eigenvalue weighted by atomic mass is 35.5. The van der Waals surface area contributed by atoms with E-state index < -0.39 is 15.5 Å². The summed E-state index contributed by atoms with van der Waals surface area (Å²) in [5.74, 6) is -0.468. The highest BCUT2D eigenvalue weighted by Crippen LogP contribution is 2.36. The van der Waals surface area contributed by atoms with E-state index in [4.69, 9.17) is 16.4 Å². The lowest BCUT2D eigenvalue weighted by Gasteiger charge is -2.07. The molecule has 1 unspecified atom stereocenters. The summed E-state index contributed by atoms with van der Waals surface area (Å²) in [5, 5.41) is 0.00219. The van der Waals surface area contributed by atoms with Crippen LogP contribution in [0, 0.1) is 10.6 Å². The third-order valence-electron chi connectivity index (χ3n) is 2.21. The molecule has 1 aromatic carbocycles. The van der Waals surface area contributed by atoms with Crippen molar-refractivity contribution in [2.75, 3.05) is 0 Å². The second-order valence-corrected chi connectivity index (χ2v) is 6.09. The molecular formula is C9H9ClFNOS. The Labute approximate surface area is 87.1 Å². The second kappa shape index (κ2) is 3.21. The van der Waals surface area contributed by atoms with Crippen LogP contribution in [-0.2, 0) is 9.73 Å². The number of hydrogen-bond acceptors (Lipinski definition) is 2. The van der Waals surface area contributed by atoms with Gasteiger partial charge in [-0.2, -0.15) is 0 Å². The van der Waals surface area contributed by atoms with E-state index in [0.717, 1.165) is 18.9 Å². The molecule has 14 heavy (non-hydrogen) atoms. The van der Waals surface area contributed by atoms with Gasteiger partial charge in [-0.1, -0.05) is 11.6 Å². The zero-order chi connectivity index (χ0) is 10.3. The van der Waals surface area contributed by atoms with Crippen molar-refractivity contribution in [2.24, 2.45) is 0 Å². The van der Waals surface area contributed by atoms with Crippen LogP contribution < -0.4 is 0 Å². The van der Waals surface area contributed by atoms with E-state index in [0.29, 0.717) is 0 Å². The fraction of sp³-hybridized carbons (Fsp3) is 0.333. The third kappa shape index (κ3) is 1.64. The largest absolute Gasteiger partial charge is 0.249 e. The first-order valence-electron chi connectivity index (χ1n) is 4.24. The first kappa shape index (κ1) is 9.93. The fourth-order valence-corrected chi connectivity index (χ4v) is 3.59. The molecule has 0 bridgehead atoms. The van der Waals surface area contributed by atoms with E-state index in [2.05, 4.69) is 0 Å². The zero-order valence-electron chi connectivity index (χ0n) is 7.30. The maximum atomic E-state index is 12.7. The highest BCUT2D eigenvalue weighted by molar-refractivity contribution is 7.93. The molecule has 1 aliphatic carbocycles. The molecule has 1 aromatic rings. The first-order chi connectivity index (χ1) is 6.51. The van der Waals surface area contributed by atoms with Gasteiger partial charge in [-0.3, -0.25) is 0 Å². The van der Waals surface area contributed by atoms with Gasteiger partial charge in [0.05, 0.1) is 19.6 Å². The Morgan fingerprint density at radius 1 is 1.50 bits per heavy atom. The van der Waals surface area contributed by atoms with E-state index in [-0.39, 0.29) is 15.2 Å². The van der Waals surface area contributed by atoms with Crippen molar-refractivity contribution < 1.29 is 8.60 Å². The Bertz CT molecular complexity index is 468. The van der Waals surface area contributed by atoms with Crippen molar-refractivity contribution in [3.05, 3.63) is 29.0 Å². The van der Waals surface area contributed by atoms with E-state index in [1.165, 1.54) is 12.1 Å². The van der Waals surface area contributed by atoms with E-state index in [1.54, 1.807) is 0 Å². The Balaban J connectivity index is 2.51. The molecule has 1 N–H and O–H groups in total. The molecule has 5 heteroatoms. The molecule has 2 rings (SSSR count). The minimum absolute atomic E-state index is 0.0922. The van der Waals surface area contributed by atoms with Crippen LogP contribution in [0.5, 0.6) is 0 Å². The van der Waals surface area contributed by atoms with Gasteiger partial charge in [-0.15, -0.1) is 0 Å². The minimum Gasteiger partial charge on any atom is -0.249 e. The average Bonchev–Trinajstić information content (AvgIpc) is 2.84. The van der Waals surface area contributed by atoms with Crippen LogP contribution >= 0.6 is 11.6 Å². The van der Waals surface area contributed by atoms with E-state index in [9.17, 15) is 8.60 Å². The summed E-state index contributed by atoms with van der Waals surface area (Å²) in [5.41, 5.74) is 0. The number of rotatable bonds is 2. The lowest BCUT2D eigenvalue weighted by Crippen LogP contribution is -2.05. The normalized spacial score (nSPS) is 20.4. The summed E-state index contributed by atoms with van der Waals surface area (Å²) in [7, 11) is -2.81. The van der Waals surface area contributed by atoms with Gasteiger partial charge in [0, 0.05) is 5.25 Å². The summed E-state index contributed by atoms with van der Waals surface area (Å²) < 4.78 is 32.4. The van der Waals surface area contributed by atoms with Crippen LogP contribution in [0.3, 0.4) is 0 Å². The molecule has 1 fully saturated rings. The maximum Gasteiger partial charge on any atom is 0.124 e. The van der Waals surface area contributed by atoms with Gasteiger partial charge in [0.1, 0.15) is 5.82 Å². The molecule has 2 nitrogen and oxygen atoms in total. The van der Waals surface area contributed by atoms with Crippen molar-refractivity contribution in [1.29, 1.82) is 4.78 Å². The number of halogens is 2. The fourth-order valence-electron chi connectivity index (χ4n) is 1.30. The lowest BCUT2D eigenvalue weighted by molar-refractivity contribution is 0.626. The van der Waals surface area contributed by atoms with Crippen LogP contribution in [0.15, 0.2) is 23.1 Å². The Morgan fingerprint density at radius 3 is 2.64 bits per heavy atom. The summed E-state index contributed by atoms with van der Waals surface area (Å²) in [6.07, 6.45) is 1.60. The van der Waals surface area contributed by atoms with Crippen molar-refractivity contribution in [1.82, 2.24) is 0 Å². The smallest absolute Gasteiger partial charge is 0.124 e. The number of hydrogen-bond donors (Lipinski definition) is 1. The van der Waals surface area contributed by atoms with Crippen LogP contribution in [-0.4, -0.2) is 9.46 Å². The molecule has 0 aliphatic heterocycles. The predicted octanol–water partition coefficient (Wildman–Crippen LogP) is 3.05. The molecule has 0 aromatic heterocycles. The van der Waals surface area contributed by atoms with Crippen molar-refractivity contribution in [3.8, 4) is 0 Å². The van der Waals surface area contributed by atoms with Crippen LogP contribution in [0.4, 0.5) is 4.39 Å². The minimum atomic E-state index is -2.81. The van der Waals surface area contributed by atoms with E-state index in [1.807, 2.05) is 0 Å². The molecule has 0 amide bonds. The highest BCUT2D eigenvalue weighted by Gasteiger charge is 2.34. The average molecular weight is 234 g/mol. The van der Waals surface area contributed by atoms with Crippen molar-refractivity contribution in [3.63, 3.8) is 0 Å². The Kier molecular flexibility index (Phi) is 2.27. The molecular weight excluding hydrogens is 225 g/mol. The molecule has 0 heterocycles. The number of nitrogens with one attached hydrogen (secondary N) is 1. The van der Waals surface area contributed by atoms with Gasteiger partial charge in [0.15, 0.2) is 0 Å². The molecule has 1 aliphatic rings. The molecule has 1 saturated carbocycles. The summed E-state index contributed by atoms with van der Waals surface area (Å²) in [6.45, 7) is 0. The topological polar surface area (TPSA) is 40.9 Å². The standard InChI is InChI=1S/C9H9ClFNOS/c10-8-5-6(11)1-4-9(8)14(12,13)7-2-3-7/h1,4-5,7,12H,2-3H2. The predicted molar refractivity (Wildman–Crippen MR) is 53.6 cm³/mol. The SMILES string of the molecule is N=S(=O)(c1ccc(F)cc1Cl)C1CC1. The van der Waals surface area contributed by atoms with Gasteiger partial charge in [-0.25, -0.2) is 13.4 Å². The van der Waals surface area contributed by atoms with Gasteiger partial charge < -0.3 is 0 Å². The lowest BCUT2D eigenvalue weighted by atomic mass is 10.3. The monoisotopic (exact) mass is 233 g/mol. The van der Waals surface area contributed by atoms with E-state index >= 15 is 0 Å². The van der Waals surface area contributed by atoms with Crippen molar-refractivity contribution in [2.45, 2.75) is 23.0 Å². The third-order valence-corrected chi connectivity index (χ3v) is 5.06. The van der Waals surface area contributed by atoms with Gasteiger partial charge in [-0.05, 0) is 31.0 Å². The van der Waals surface area contributed by atoms with Gasteiger partial charge in [0.25, 0.3) is 0 Å². The summed E-state index contributed by atoms with van der Waals surface area (Å²) >= 11 is 5.75. The molecule has 0 saturated heterocycles. The van der Waals surface area contributed by atoms with Crippen LogP contribution in [0.25, 0.3) is 0 Å². The molecule has 76 valence electrons. The van der Waals surface area contributed by atoms with Gasteiger partial charge >= 0.3 is 0 Å². The first-order valence-corrected chi connectivity index (χ1v) is 6.24. The summed E-state index contributed by atoms with van der Waals surface area (Å²) in [4.78, 5) is 0.267. The number of benzene rings is 1. The molecule has 1 atom stereocenters. The quantitative estimate of drug-likeness (QED) is 0.838. The summed E-state index contributed by atoms with van der Waals surface area (Å²) in [6, 6.07) is 3.65. The Hall–Kier alpha value is -0.610. The molecule has 0 spiro atoms. The van der Waals surface area contributed by atoms with Crippen molar-refractivity contribution >= 4 is 21.3 Å². The Morgan fingerprint density at radius 2 is 2.14 bits per heavy atom. The van der Waals surface area contributed by atoms with Crippen LogP contribution in [0.1, 0.15) is 12.8 Å².